The molecule has 0 radical (unpaired) electrons. The molecule has 3 rings (SSSR count). The van der Waals surface area contributed by atoms with E-state index in [1.807, 2.05) is 0 Å². The van der Waals surface area contributed by atoms with Gasteiger partial charge in [0.25, 0.3) is 0 Å². The molecule has 166 valence electrons. The Bertz CT molecular complexity index is 854. The summed E-state index contributed by atoms with van der Waals surface area (Å²) in [5.41, 5.74) is 0. The van der Waals surface area contributed by atoms with E-state index < -0.39 is 17.9 Å². The minimum atomic E-state index is -3.87. The Kier molecular flexibility index (Phi) is 8.94. The molecule has 6 heteroatoms. The Morgan fingerprint density at radius 1 is 0.710 bits per heavy atom. The molecule has 0 aliphatic rings. The van der Waals surface area contributed by atoms with Crippen molar-refractivity contribution >= 4 is 17.9 Å². The van der Waals surface area contributed by atoms with E-state index in [1.165, 1.54) is 21.8 Å². The minimum Gasteiger partial charge on any atom is -0.303 e. The summed E-state index contributed by atoms with van der Waals surface area (Å²) in [6, 6.07) is 32.5. The Morgan fingerprint density at radius 3 is 1.55 bits per heavy atom. The maximum Gasteiger partial charge on any atom is 0.471 e. The molecule has 0 spiro atoms. The zero-order valence-electron chi connectivity index (χ0n) is 17.9. The second-order valence-corrected chi connectivity index (χ2v) is 12.1. The van der Waals surface area contributed by atoms with Crippen molar-refractivity contribution in [2.24, 2.45) is 0 Å². The molecule has 1 atom stereocenters. The van der Waals surface area contributed by atoms with Gasteiger partial charge in [-0.1, -0.05) is 67.4 Å². The lowest BCUT2D eigenvalue weighted by Gasteiger charge is -2.42. The fraction of sp³-hybridized carbons (Fsp3) is 0.280. The van der Waals surface area contributed by atoms with Gasteiger partial charge in [-0.15, -0.1) is 0 Å². The molecule has 0 aliphatic carbocycles. The largest absolute Gasteiger partial charge is 0.471 e. The van der Waals surface area contributed by atoms with Crippen LogP contribution in [0.1, 0.15) is 25.7 Å². The van der Waals surface area contributed by atoms with Gasteiger partial charge >= 0.3 is 7.82 Å². The predicted octanol–water partition coefficient (Wildman–Crippen LogP) is 7.29. The summed E-state index contributed by atoms with van der Waals surface area (Å²) in [7, 11) is -4.08. The van der Waals surface area contributed by atoms with E-state index in [2.05, 4.69) is 95.5 Å². The third kappa shape index (κ3) is 6.31. The lowest BCUT2D eigenvalue weighted by molar-refractivity contribution is 0.170. The van der Waals surface area contributed by atoms with E-state index >= 15 is 0 Å². The number of unbranched alkanes of at least 4 members (excludes halogenated alkanes) is 3. The fourth-order valence-electron chi connectivity index (χ4n) is 3.73. The van der Waals surface area contributed by atoms with Gasteiger partial charge in [0.05, 0.1) is 6.61 Å². The molecule has 1 unspecified atom stereocenters. The van der Waals surface area contributed by atoms with Crippen molar-refractivity contribution in [3.8, 4) is 0 Å². The van der Waals surface area contributed by atoms with E-state index in [4.69, 9.17) is 4.52 Å². The maximum atomic E-state index is 11.4. The van der Waals surface area contributed by atoms with E-state index in [9.17, 15) is 9.46 Å². The van der Waals surface area contributed by atoms with E-state index in [0.717, 1.165) is 31.4 Å². The molecule has 0 amide bonds. The monoisotopic (exact) mass is 458 g/mol. The molecule has 0 fully saturated rings. The second-order valence-electron chi connectivity index (χ2n) is 7.28. The van der Waals surface area contributed by atoms with Crippen molar-refractivity contribution in [1.29, 1.82) is 0 Å². The average molecular weight is 459 g/mol. The van der Waals surface area contributed by atoms with Crippen LogP contribution in [0.4, 0.5) is 0 Å². The van der Waals surface area contributed by atoms with Crippen LogP contribution in [0.25, 0.3) is 0 Å². The average Bonchev–Trinajstić information content (AvgIpc) is 2.83. The van der Waals surface area contributed by atoms with Gasteiger partial charge in [-0.05, 0) is 69.7 Å². The van der Waals surface area contributed by atoms with Crippen molar-refractivity contribution in [3.05, 3.63) is 91.0 Å². The van der Waals surface area contributed by atoms with Crippen LogP contribution in [0.3, 0.4) is 0 Å². The first-order valence-corrected chi connectivity index (χ1v) is 13.9. The second kappa shape index (κ2) is 11.7. The van der Waals surface area contributed by atoms with Crippen molar-refractivity contribution in [2.45, 2.75) is 40.4 Å². The third-order valence-electron chi connectivity index (χ3n) is 5.27. The van der Waals surface area contributed by atoms with E-state index in [0.29, 0.717) is 0 Å². The Hall–Kier alpha value is -1.88. The van der Waals surface area contributed by atoms with E-state index in [1.54, 1.807) is 0 Å². The fourth-order valence-corrected chi connectivity index (χ4v) is 8.22. The first-order valence-electron chi connectivity index (χ1n) is 10.6. The minimum absolute atomic E-state index is 0.232. The zero-order valence-corrected chi connectivity index (χ0v) is 19.6. The molecule has 4 nitrogen and oxygen atoms in total. The van der Waals surface area contributed by atoms with Gasteiger partial charge in [-0.3, -0.25) is 9.05 Å². The summed E-state index contributed by atoms with van der Waals surface area (Å²) in [6.45, 7) is 0.232. The van der Waals surface area contributed by atoms with Crippen LogP contribution in [0.5, 0.6) is 0 Å². The Labute approximate surface area is 187 Å². The van der Waals surface area contributed by atoms with Gasteiger partial charge in [0.2, 0.25) is 0 Å². The van der Waals surface area contributed by atoms with Gasteiger partial charge in [-0.2, -0.15) is 10.0 Å². The molecule has 1 N–H and O–H groups in total. The van der Waals surface area contributed by atoms with Crippen molar-refractivity contribution in [1.82, 2.24) is 0 Å². The lowest BCUT2D eigenvalue weighted by atomic mass is 10.2. The highest BCUT2D eigenvalue weighted by atomic mass is 32.3. The topological polar surface area (TPSA) is 55.8 Å². The van der Waals surface area contributed by atoms with Gasteiger partial charge in [0.1, 0.15) is 0 Å². The van der Waals surface area contributed by atoms with Crippen molar-refractivity contribution < 1.29 is 18.5 Å². The summed E-state index contributed by atoms with van der Waals surface area (Å²) in [5, 5.41) is 0. The first kappa shape index (κ1) is 23.8. The molecule has 3 aromatic carbocycles. The quantitative estimate of drug-likeness (QED) is 0.229. The predicted molar refractivity (Wildman–Crippen MR) is 128 cm³/mol. The highest BCUT2D eigenvalue weighted by Gasteiger charge is 2.30. The summed E-state index contributed by atoms with van der Waals surface area (Å²) in [6.07, 6.45) is 3.78. The molecule has 0 saturated heterocycles. The maximum absolute atomic E-state index is 11.4. The molecule has 3 aromatic rings. The molecule has 0 saturated carbocycles. The number of hydrogen-bond donors (Lipinski definition) is 1. The van der Waals surface area contributed by atoms with Gasteiger partial charge < -0.3 is 4.89 Å². The number of benzene rings is 3. The van der Waals surface area contributed by atoms with Gasteiger partial charge in [0.15, 0.2) is 0 Å². The molecule has 31 heavy (non-hydrogen) atoms. The molecule has 0 aromatic heterocycles. The number of hydrogen-bond acceptors (Lipinski definition) is 3. The van der Waals surface area contributed by atoms with Crippen LogP contribution in [-0.4, -0.2) is 24.4 Å². The van der Waals surface area contributed by atoms with Crippen molar-refractivity contribution in [2.75, 3.05) is 19.5 Å². The standard InChI is InChI=1S/C25H31O4PS/c1-28-30(26,27)29-21-13-2-3-14-22-31(23-15-7-4-8-16-23,24-17-9-5-10-18-24)25-19-11-6-12-20-25/h4-12,15-20H,2-3,13-14,21-22H2,1H3,(H,26,27). The molecule has 0 heterocycles. The molecule has 0 aliphatic heterocycles. The molecular formula is C25H31O4PS. The Morgan fingerprint density at radius 2 is 1.13 bits per heavy atom. The lowest BCUT2D eigenvalue weighted by Crippen LogP contribution is -2.08. The van der Waals surface area contributed by atoms with Crippen LogP contribution in [-0.2, 0) is 13.6 Å². The van der Waals surface area contributed by atoms with Gasteiger partial charge in [0, 0.05) is 7.11 Å². The third-order valence-corrected chi connectivity index (χ3v) is 10.4. The van der Waals surface area contributed by atoms with Crippen LogP contribution in [0.2, 0.25) is 0 Å². The van der Waals surface area contributed by atoms with Crippen LogP contribution >= 0.6 is 17.9 Å². The number of phosphoric acid groups is 1. The summed E-state index contributed by atoms with van der Waals surface area (Å²) in [5.74, 6) is 1.06. The number of rotatable bonds is 12. The van der Waals surface area contributed by atoms with E-state index in [-0.39, 0.29) is 6.61 Å². The van der Waals surface area contributed by atoms with Crippen molar-refractivity contribution in [3.63, 3.8) is 0 Å². The molecule has 0 bridgehead atoms. The highest BCUT2D eigenvalue weighted by Crippen LogP contribution is 2.68. The molecular weight excluding hydrogens is 427 g/mol. The smallest absolute Gasteiger partial charge is 0.303 e. The normalized spacial score (nSPS) is 14.1. The summed E-state index contributed by atoms with van der Waals surface area (Å²) < 4.78 is 20.8. The van der Waals surface area contributed by atoms with Crippen LogP contribution in [0, 0.1) is 0 Å². The SMILES string of the molecule is COP(=O)(O)OCCCCCCS(c1ccccc1)(c1ccccc1)c1ccccc1. The van der Waals surface area contributed by atoms with Crippen LogP contribution in [0.15, 0.2) is 106 Å². The highest BCUT2D eigenvalue weighted by molar-refractivity contribution is 8.33. The Balaban J connectivity index is 1.78. The number of phosphoric ester groups is 1. The zero-order chi connectivity index (χ0) is 22.0. The van der Waals surface area contributed by atoms with Gasteiger partial charge in [-0.25, -0.2) is 4.57 Å². The first-order chi connectivity index (χ1) is 15.1. The summed E-state index contributed by atoms with van der Waals surface area (Å²) in [4.78, 5) is 13.4. The van der Waals surface area contributed by atoms with Crippen LogP contribution < -0.4 is 0 Å². The summed E-state index contributed by atoms with van der Waals surface area (Å²) >= 11 is 0.